The number of fused-ring (bicyclic) bond motifs is 1. The predicted octanol–water partition coefficient (Wildman–Crippen LogP) is 3.40. The van der Waals surface area contributed by atoms with Gasteiger partial charge >= 0.3 is 0 Å². The first-order valence-corrected chi connectivity index (χ1v) is 7.05. The molecule has 6 heteroatoms. The van der Waals surface area contributed by atoms with Crippen LogP contribution in [0.3, 0.4) is 0 Å². The summed E-state index contributed by atoms with van der Waals surface area (Å²) in [5, 5.41) is 3.84. The first-order valence-electron chi connectivity index (χ1n) is 7.05. The van der Waals surface area contributed by atoms with E-state index < -0.39 is 0 Å². The van der Waals surface area contributed by atoms with Crippen molar-refractivity contribution in [3.8, 4) is 17.4 Å². The van der Waals surface area contributed by atoms with Crippen molar-refractivity contribution in [3.63, 3.8) is 0 Å². The Hall–Kier alpha value is -3.02. The zero-order valence-corrected chi connectivity index (χ0v) is 13.2. The van der Waals surface area contributed by atoms with Gasteiger partial charge in [-0.3, -0.25) is 0 Å². The van der Waals surface area contributed by atoms with Crippen LogP contribution in [-0.4, -0.2) is 31.3 Å². The van der Waals surface area contributed by atoms with E-state index in [9.17, 15) is 0 Å². The normalized spacial score (nSPS) is 10.4. The van der Waals surface area contributed by atoms with E-state index in [0.717, 1.165) is 5.69 Å². The van der Waals surface area contributed by atoms with Crippen LogP contribution in [0.1, 0.15) is 0 Å². The lowest BCUT2D eigenvalue weighted by molar-refractivity contribution is 0.355. The van der Waals surface area contributed by atoms with Crippen LogP contribution in [0.5, 0.6) is 17.4 Å². The van der Waals surface area contributed by atoms with Gasteiger partial charge in [0.1, 0.15) is 5.39 Å². The summed E-state index contributed by atoms with van der Waals surface area (Å²) >= 11 is 0. The largest absolute Gasteiger partial charge is 0.493 e. The third kappa shape index (κ3) is 2.83. The molecule has 0 radical (unpaired) electrons. The van der Waals surface area contributed by atoms with E-state index in [0.29, 0.717) is 34.2 Å². The van der Waals surface area contributed by atoms with Crippen molar-refractivity contribution in [2.45, 2.75) is 0 Å². The van der Waals surface area contributed by atoms with Crippen molar-refractivity contribution in [2.75, 3.05) is 26.6 Å². The molecule has 3 aromatic rings. The van der Waals surface area contributed by atoms with Gasteiger partial charge < -0.3 is 19.5 Å². The second kappa shape index (κ2) is 6.39. The van der Waals surface area contributed by atoms with Crippen LogP contribution in [0.25, 0.3) is 10.9 Å². The third-order valence-electron chi connectivity index (χ3n) is 3.39. The second-order valence-corrected chi connectivity index (χ2v) is 4.74. The van der Waals surface area contributed by atoms with Crippen LogP contribution in [0.2, 0.25) is 0 Å². The maximum Gasteiger partial charge on any atom is 0.231 e. The molecule has 6 nitrogen and oxygen atoms in total. The molecule has 23 heavy (non-hydrogen) atoms. The number of hydrogen-bond acceptors (Lipinski definition) is 6. The topological polar surface area (TPSA) is 65.5 Å². The molecule has 0 aliphatic rings. The van der Waals surface area contributed by atoms with E-state index in [2.05, 4.69) is 15.3 Å². The first-order chi connectivity index (χ1) is 11.3. The summed E-state index contributed by atoms with van der Waals surface area (Å²) < 4.78 is 16.2. The molecule has 118 valence electrons. The van der Waals surface area contributed by atoms with Gasteiger partial charge in [0.2, 0.25) is 11.8 Å². The number of nitrogens with one attached hydrogen (secondary N) is 1. The van der Waals surface area contributed by atoms with Crippen molar-refractivity contribution in [1.29, 1.82) is 0 Å². The van der Waals surface area contributed by atoms with Gasteiger partial charge in [0.15, 0.2) is 11.5 Å². The smallest absolute Gasteiger partial charge is 0.231 e. The molecule has 1 aromatic heterocycles. The molecular formula is C17H17N3O3. The Bertz CT molecular complexity index is 822. The highest BCUT2D eigenvalue weighted by atomic mass is 16.5. The van der Waals surface area contributed by atoms with Gasteiger partial charge in [0.25, 0.3) is 0 Å². The molecule has 0 aliphatic heterocycles. The van der Waals surface area contributed by atoms with E-state index in [1.165, 1.54) is 0 Å². The van der Waals surface area contributed by atoms with Crippen molar-refractivity contribution < 1.29 is 14.2 Å². The van der Waals surface area contributed by atoms with Gasteiger partial charge in [-0.05, 0) is 24.3 Å². The van der Waals surface area contributed by atoms with Gasteiger partial charge in [-0.25, -0.2) is 4.98 Å². The number of benzene rings is 2. The van der Waals surface area contributed by atoms with Crippen molar-refractivity contribution in [1.82, 2.24) is 9.97 Å². The number of anilines is 2. The van der Waals surface area contributed by atoms with Gasteiger partial charge in [0, 0.05) is 5.69 Å². The van der Waals surface area contributed by atoms with Gasteiger partial charge in [-0.1, -0.05) is 18.2 Å². The number of para-hydroxylation sites is 1. The van der Waals surface area contributed by atoms with Crippen LogP contribution in [0.4, 0.5) is 11.6 Å². The molecule has 0 spiro atoms. The minimum atomic E-state index is 0.421. The summed E-state index contributed by atoms with van der Waals surface area (Å²) in [6, 6.07) is 13.4. The Balaban J connectivity index is 2.13. The van der Waals surface area contributed by atoms with E-state index in [-0.39, 0.29) is 0 Å². The van der Waals surface area contributed by atoms with Crippen LogP contribution in [-0.2, 0) is 0 Å². The molecule has 0 unspecified atom stereocenters. The lowest BCUT2D eigenvalue weighted by Gasteiger charge is -2.14. The highest BCUT2D eigenvalue weighted by molar-refractivity contribution is 5.93. The number of methoxy groups -OCH3 is 3. The SMILES string of the molecule is COc1ccc2nc(Nc3ccccc3)nc(OC)c2c1OC. The summed E-state index contributed by atoms with van der Waals surface area (Å²) in [5.41, 5.74) is 1.60. The fourth-order valence-corrected chi connectivity index (χ4v) is 2.36. The van der Waals surface area contributed by atoms with E-state index in [1.54, 1.807) is 27.4 Å². The number of ether oxygens (including phenoxy) is 3. The molecule has 2 aromatic carbocycles. The van der Waals surface area contributed by atoms with Gasteiger partial charge in [-0.2, -0.15) is 4.98 Å². The summed E-state index contributed by atoms with van der Waals surface area (Å²) in [4.78, 5) is 8.94. The average Bonchev–Trinajstić information content (AvgIpc) is 2.60. The third-order valence-corrected chi connectivity index (χ3v) is 3.39. The summed E-state index contributed by atoms with van der Waals surface area (Å²) in [7, 11) is 4.72. The Morgan fingerprint density at radius 2 is 1.61 bits per heavy atom. The number of aromatic nitrogens is 2. The van der Waals surface area contributed by atoms with E-state index >= 15 is 0 Å². The molecule has 0 saturated heterocycles. The average molecular weight is 311 g/mol. The molecule has 0 fully saturated rings. The standard InChI is InChI=1S/C17H17N3O3/c1-21-13-10-9-12-14(15(13)22-2)16(23-3)20-17(19-12)18-11-7-5-4-6-8-11/h4-10H,1-3H3,(H,18,19,20). The second-order valence-electron chi connectivity index (χ2n) is 4.74. The molecule has 0 atom stereocenters. The van der Waals surface area contributed by atoms with Crippen LogP contribution < -0.4 is 19.5 Å². The monoisotopic (exact) mass is 311 g/mol. The van der Waals surface area contributed by atoms with Gasteiger partial charge in [0.05, 0.1) is 26.8 Å². The Morgan fingerprint density at radius 1 is 0.826 bits per heavy atom. The number of hydrogen-bond donors (Lipinski definition) is 1. The summed E-state index contributed by atoms with van der Waals surface area (Å²) in [6.07, 6.45) is 0. The van der Waals surface area contributed by atoms with Crippen molar-refractivity contribution in [3.05, 3.63) is 42.5 Å². The molecule has 3 rings (SSSR count). The van der Waals surface area contributed by atoms with E-state index in [1.807, 2.05) is 36.4 Å². The maximum absolute atomic E-state index is 5.44. The Labute approximate surface area is 134 Å². The highest BCUT2D eigenvalue weighted by Crippen LogP contribution is 2.39. The van der Waals surface area contributed by atoms with E-state index in [4.69, 9.17) is 14.2 Å². The zero-order valence-electron chi connectivity index (χ0n) is 13.2. The van der Waals surface area contributed by atoms with Crippen molar-refractivity contribution >= 4 is 22.5 Å². The molecule has 0 saturated carbocycles. The first kappa shape index (κ1) is 14.9. The molecule has 1 heterocycles. The van der Waals surface area contributed by atoms with Gasteiger partial charge in [-0.15, -0.1) is 0 Å². The van der Waals surface area contributed by atoms with Crippen molar-refractivity contribution in [2.24, 2.45) is 0 Å². The lowest BCUT2D eigenvalue weighted by Crippen LogP contribution is -2.02. The van der Waals surface area contributed by atoms with Crippen LogP contribution in [0.15, 0.2) is 42.5 Å². The van der Waals surface area contributed by atoms with Crippen LogP contribution >= 0.6 is 0 Å². The zero-order chi connectivity index (χ0) is 16.2. The molecule has 1 N–H and O–H groups in total. The summed E-state index contributed by atoms with van der Waals surface area (Å²) in [5.74, 6) is 2.02. The molecule has 0 bridgehead atoms. The Morgan fingerprint density at radius 3 is 2.26 bits per heavy atom. The van der Waals surface area contributed by atoms with Crippen LogP contribution in [0, 0.1) is 0 Å². The highest BCUT2D eigenvalue weighted by Gasteiger charge is 2.17. The minimum absolute atomic E-state index is 0.421. The quantitative estimate of drug-likeness (QED) is 0.779. The molecule has 0 aliphatic carbocycles. The fourth-order valence-electron chi connectivity index (χ4n) is 2.36. The predicted molar refractivity (Wildman–Crippen MR) is 88.9 cm³/mol. The maximum atomic E-state index is 5.44. The Kier molecular flexibility index (Phi) is 4.14. The summed E-state index contributed by atoms with van der Waals surface area (Å²) in [6.45, 7) is 0. The lowest BCUT2D eigenvalue weighted by atomic mass is 10.2. The minimum Gasteiger partial charge on any atom is -0.493 e. The molecule has 0 amide bonds. The fraction of sp³-hybridized carbons (Fsp3) is 0.176. The number of nitrogens with zero attached hydrogens (tertiary/aromatic N) is 2. The molecular weight excluding hydrogens is 294 g/mol. The number of rotatable bonds is 5.